The first-order valence-corrected chi connectivity index (χ1v) is 9.01. The zero-order valence-corrected chi connectivity index (χ0v) is 13.9. The molecule has 1 unspecified atom stereocenters. The highest BCUT2D eigenvalue weighted by atomic mass is 32.2. The number of pyridine rings is 1. The van der Waals surface area contributed by atoms with Gasteiger partial charge in [0.15, 0.2) is 0 Å². The minimum absolute atomic E-state index is 0.253. The van der Waals surface area contributed by atoms with Crippen LogP contribution in [0.2, 0.25) is 0 Å². The van der Waals surface area contributed by atoms with Crippen LogP contribution in [0.4, 0.5) is 5.82 Å². The summed E-state index contributed by atoms with van der Waals surface area (Å²) >= 11 is 0. The van der Waals surface area contributed by atoms with Crippen molar-refractivity contribution < 1.29 is 13.2 Å². The molecule has 1 aromatic rings. The van der Waals surface area contributed by atoms with Crippen LogP contribution in [-0.4, -0.2) is 56.6 Å². The predicted octanol–water partition coefficient (Wildman–Crippen LogP) is 0.188. The number of carbonyl (C=O) groups is 1. The molecule has 1 fully saturated rings. The van der Waals surface area contributed by atoms with E-state index in [9.17, 15) is 13.2 Å². The van der Waals surface area contributed by atoms with Gasteiger partial charge in [-0.05, 0) is 18.9 Å². The Morgan fingerprint density at radius 1 is 1.50 bits per heavy atom. The standard InChI is InChI=1S/C14H22N4O3S/c1-17(2)13-11(6-4-8-15-13)10-16-14(19)12-7-5-9-18(12)22(3,20)21/h4,6,8,12H,5,7,9-10H2,1-3H3,(H,16,19). The quantitative estimate of drug-likeness (QED) is 0.835. The molecular weight excluding hydrogens is 304 g/mol. The highest BCUT2D eigenvalue weighted by molar-refractivity contribution is 7.88. The van der Waals surface area contributed by atoms with E-state index < -0.39 is 16.1 Å². The largest absolute Gasteiger partial charge is 0.362 e. The Hall–Kier alpha value is -1.67. The number of nitrogens with zero attached hydrogens (tertiary/aromatic N) is 3. The van der Waals surface area contributed by atoms with Crippen LogP contribution in [0.15, 0.2) is 18.3 Å². The summed E-state index contributed by atoms with van der Waals surface area (Å²) in [7, 11) is 0.421. The van der Waals surface area contributed by atoms with E-state index in [1.54, 1.807) is 6.20 Å². The van der Waals surface area contributed by atoms with E-state index in [0.29, 0.717) is 25.9 Å². The topological polar surface area (TPSA) is 82.6 Å². The van der Waals surface area contributed by atoms with Crippen molar-refractivity contribution >= 4 is 21.7 Å². The first-order chi connectivity index (χ1) is 10.3. The molecule has 0 bridgehead atoms. The third-order valence-corrected chi connectivity index (χ3v) is 4.97. The highest BCUT2D eigenvalue weighted by Gasteiger charge is 2.36. The summed E-state index contributed by atoms with van der Waals surface area (Å²) in [4.78, 5) is 18.5. The molecule has 2 heterocycles. The maximum Gasteiger partial charge on any atom is 0.238 e. The molecule has 22 heavy (non-hydrogen) atoms. The van der Waals surface area contributed by atoms with Gasteiger partial charge in [-0.3, -0.25) is 4.79 Å². The molecule has 1 aromatic heterocycles. The summed E-state index contributed by atoms with van der Waals surface area (Å²) in [6.45, 7) is 0.737. The van der Waals surface area contributed by atoms with Crippen LogP contribution >= 0.6 is 0 Å². The Balaban J connectivity index is 2.05. The lowest BCUT2D eigenvalue weighted by molar-refractivity contribution is -0.124. The van der Waals surface area contributed by atoms with Crippen molar-refractivity contribution in [1.82, 2.24) is 14.6 Å². The normalized spacial score (nSPS) is 19.1. The SMILES string of the molecule is CN(C)c1ncccc1CNC(=O)C1CCCN1S(C)(=O)=O. The van der Waals surface area contributed by atoms with Crippen LogP contribution in [0.1, 0.15) is 18.4 Å². The summed E-state index contributed by atoms with van der Waals surface area (Å²) in [5.74, 6) is 0.533. The smallest absolute Gasteiger partial charge is 0.238 e. The number of amides is 1. The van der Waals surface area contributed by atoms with E-state index in [1.807, 2.05) is 31.1 Å². The van der Waals surface area contributed by atoms with Gasteiger partial charge in [-0.15, -0.1) is 0 Å². The molecule has 1 saturated heterocycles. The Morgan fingerprint density at radius 2 is 2.23 bits per heavy atom. The van der Waals surface area contributed by atoms with E-state index >= 15 is 0 Å². The minimum atomic E-state index is -3.35. The van der Waals surface area contributed by atoms with Gasteiger partial charge in [0.05, 0.1) is 6.26 Å². The molecule has 0 spiro atoms. The molecule has 0 radical (unpaired) electrons. The molecule has 2 rings (SSSR count). The van der Waals surface area contributed by atoms with Crippen LogP contribution in [-0.2, 0) is 21.4 Å². The Bertz CT molecular complexity index is 645. The van der Waals surface area contributed by atoms with E-state index in [2.05, 4.69) is 10.3 Å². The number of aromatic nitrogens is 1. The number of hydrogen-bond donors (Lipinski definition) is 1. The zero-order chi connectivity index (χ0) is 16.3. The molecule has 1 atom stereocenters. The average Bonchev–Trinajstić information content (AvgIpc) is 2.94. The molecule has 1 N–H and O–H groups in total. The van der Waals surface area contributed by atoms with Gasteiger partial charge in [0.25, 0.3) is 0 Å². The van der Waals surface area contributed by atoms with Crippen LogP contribution in [0.25, 0.3) is 0 Å². The number of anilines is 1. The molecule has 122 valence electrons. The van der Waals surface area contributed by atoms with Crippen LogP contribution in [0.5, 0.6) is 0 Å². The Morgan fingerprint density at radius 3 is 2.86 bits per heavy atom. The highest BCUT2D eigenvalue weighted by Crippen LogP contribution is 2.21. The fourth-order valence-corrected chi connectivity index (χ4v) is 3.79. The molecule has 0 aliphatic carbocycles. The molecule has 1 aliphatic heterocycles. The Labute approximate surface area is 131 Å². The maximum absolute atomic E-state index is 12.3. The van der Waals surface area contributed by atoms with Crippen molar-refractivity contribution in [1.29, 1.82) is 0 Å². The second-order valence-corrected chi connectivity index (χ2v) is 7.57. The summed E-state index contributed by atoms with van der Waals surface area (Å²) < 4.78 is 24.7. The minimum Gasteiger partial charge on any atom is -0.362 e. The van der Waals surface area contributed by atoms with Crippen molar-refractivity contribution in [3.05, 3.63) is 23.9 Å². The lowest BCUT2D eigenvalue weighted by Crippen LogP contribution is -2.45. The van der Waals surface area contributed by atoms with Gasteiger partial charge >= 0.3 is 0 Å². The van der Waals surface area contributed by atoms with Gasteiger partial charge in [0, 0.05) is 38.9 Å². The number of hydrogen-bond acceptors (Lipinski definition) is 5. The van der Waals surface area contributed by atoms with E-state index in [1.165, 1.54) is 4.31 Å². The van der Waals surface area contributed by atoms with Crippen LogP contribution < -0.4 is 10.2 Å². The maximum atomic E-state index is 12.3. The van der Waals surface area contributed by atoms with Gasteiger partial charge in [-0.2, -0.15) is 4.31 Å². The average molecular weight is 326 g/mol. The molecular formula is C14H22N4O3S. The zero-order valence-electron chi connectivity index (χ0n) is 13.1. The van der Waals surface area contributed by atoms with Gasteiger partial charge in [0.2, 0.25) is 15.9 Å². The number of rotatable bonds is 5. The second kappa shape index (κ2) is 6.62. The van der Waals surface area contributed by atoms with E-state index in [4.69, 9.17) is 0 Å². The van der Waals surface area contributed by atoms with Crippen molar-refractivity contribution in [3.63, 3.8) is 0 Å². The summed E-state index contributed by atoms with van der Waals surface area (Å²) in [6, 6.07) is 3.10. The first-order valence-electron chi connectivity index (χ1n) is 7.16. The third kappa shape index (κ3) is 3.75. The fraction of sp³-hybridized carbons (Fsp3) is 0.571. The van der Waals surface area contributed by atoms with Gasteiger partial charge < -0.3 is 10.2 Å². The van der Waals surface area contributed by atoms with Gasteiger partial charge in [0.1, 0.15) is 11.9 Å². The fourth-order valence-electron chi connectivity index (χ4n) is 2.67. The monoisotopic (exact) mass is 326 g/mol. The third-order valence-electron chi connectivity index (χ3n) is 3.68. The number of carbonyl (C=O) groups excluding carboxylic acids is 1. The molecule has 0 aromatic carbocycles. The lowest BCUT2D eigenvalue weighted by Gasteiger charge is -2.22. The molecule has 1 aliphatic rings. The van der Waals surface area contributed by atoms with Crippen molar-refractivity contribution in [2.75, 3.05) is 31.8 Å². The van der Waals surface area contributed by atoms with Gasteiger partial charge in [-0.25, -0.2) is 13.4 Å². The van der Waals surface area contributed by atoms with E-state index in [0.717, 1.165) is 17.6 Å². The number of nitrogens with one attached hydrogen (secondary N) is 1. The summed E-state index contributed by atoms with van der Waals surface area (Å²) in [5, 5.41) is 2.83. The van der Waals surface area contributed by atoms with Crippen LogP contribution in [0.3, 0.4) is 0 Å². The number of sulfonamides is 1. The van der Waals surface area contributed by atoms with Crippen molar-refractivity contribution in [2.45, 2.75) is 25.4 Å². The second-order valence-electron chi connectivity index (χ2n) is 5.63. The van der Waals surface area contributed by atoms with Crippen molar-refractivity contribution in [3.8, 4) is 0 Å². The predicted molar refractivity (Wildman–Crippen MR) is 85.0 cm³/mol. The first kappa shape index (κ1) is 16.7. The molecule has 1 amide bonds. The van der Waals surface area contributed by atoms with Gasteiger partial charge in [-0.1, -0.05) is 6.07 Å². The molecule has 8 heteroatoms. The van der Waals surface area contributed by atoms with Crippen molar-refractivity contribution in [2.24, 2.45) is 0 Å². The molecule has 7 nitrogen and oxygen atoms in total. The lowest BCUT2D eigenvalue weighted by atomic mass is 10.2. The summed E-state index contributed by atoms with van der Waals surface area (Å²) in [5.41, 5.74) is 0.893. The van der Waals surface area contributed by atoms with Crippen LogP contribution in [0, 0.1) is 0 Å². The Kier molecular flexibility index (Phi) is 5.02. The summed E-state index contributed by atoms with van der Waals surface area (Å²) in [6.07, 6.45) is 4.11. The molecule has 0 saturated carbocycles. The van der Waals surface area contributed by atoms with E-state index in [-0.39, 0.29) is 5.91 Å².